The lowest BCUT2D eigenvalue weighted by Crippen LogP contribution is -2.64. The summed E-state index contributed by atoms with van der Waals surface area (Å²) in [6.45, 7) is 16.3. The van der Waals surface area contributed by atoms with Crippen molar-refractivity contribution in [1.82, 2.24) is 10.1 Å². The van der Waals surface area contributed by atoms with Gasteiger partial charge in [0.2, 0.25) is 5.78 Å². The fourth-order valence-electron chi connectivity index (χ4n) is 8.44. The molecule has 7 rings (SSSR count). The lowest BCUT2D eigenvalue weighted by Gasteiger charge is -2.53. The van der Waals surface area contributed by atoms with E-state index in [-0.39, 0.29) is 53.2 Å². The first kappa shape index (κ1) is 39.0. The molecule has 2 unspecified atom stereocenters. The SMILES string of the molecule is CN1CCCC1c1cc2c(c(OC(=O)OC(C)(C)C)c1)C(=O)C1=C(O)C3(O[Si](C)(C)C(C)(C)C)C(=O)c4c(OCc5ccccc5)noc4[C@@H](N)[C@@H]3C[C@@H]1C2. The van der Waals surface area contributed by atoms with Crippen LogP contribution in [0.2, 0.25) is 18.1 Å². The number of benzene rings is 2. The summed E-state index contributed by atoms with van der Waals surface area (Å²) >= 11 is 0. The molecule has 1 fully saturated rings. The van der Waals surface area contributed by atoms with Crippen LogP contribution in [0.1, 0.15) is 116 Å². The molecule has 0 amide bonds. The molecule has 0 radical (unpaired) electrons. The molecule has 0 saturated carbocycles. The Morgan fingerprint density at radius 3 is 2.44 bits per heavy atom. The van der Waals surface area contributed by atoms with Crippen molar-refractivity contribution in [2.24, 2.45) is 17.6 Å². The van der Waals surface area contributed by atoms with Crippen molar-refractivity contribution in [1.29, 1.82) is 0 Å². The number of ketones is 2. The topological polar surface area (TPSA) is 164 Å². The first-order chi connectivity index (χ1) is 25.7. The van der Waals surface area contributed by atoms with Crippen LogP contribution in [-0.2, 0) is 22.2 Å². The summed E-state index contributed by atoms with van der Waals surface area (Å²) in [6.07, 6.45) is 1.54. The average molecular weight is 772 g/mol. The van der Waals surface area contributed by atoms with Crippen molar-refractivity contribution in [2.45, 2.75) is 115 Å². The number of carbonyl (C=O) groups is 3. The van der Waals surface area contributed by atoms with E-state index in [2.05, 4.69) is 17.1 Å². The number of nitrogens with two attached hydrogens (primary N) is 1. The van der Waals surface area contributed by atoms with E-state index in [1.807, 2.05) is 70.3 Å². The second-order valence-electron chi connectivity index (χ2n) is 18.0. The largest absolute Gasteiger partial charge is 0.514 e. The maximum Gasteiger partial charge on any atom is 0.514 e. The molecule has 3 aliphatic carbocycles. The number of Topliss-reactive ketones (excluding diaryl/α,β-unsaturated/α-hetero) is 2. The van der Waals surface area contributed by atoms with E-state index < -0.39 is 65.9 Å². The van der Waals surface area contributed by atoms with E-state index >= 15 is 9.59 Å². The van der Waals surface area contributed by atoms with Gasteiger partial charge < -0.3 is 34.0 Å². The van der Waals surface area contributed by atoms with Crippen LogP contribution in [0.5, 0.6) is 11.6 Å². The quantitative estimate of drug-likeness (QED) is 0.135. The standard InChI is InChI=1S/C42H53N3O9Si/c1-40(2,3)52-39(49)51-29-21-24(28-16-13-17-45(28)7)18-25-19-26-20-27-33(43)35-32(38(44-53-35)50-22-23-14-11-10-12-15-23)37(48)42(27,54-55(8,9)41(4,5)6)36(47)31(26)34(46)30(25)29/h10-12,14-15,18,21,26-28,33,47H,13,16-17,19-20,22,43H2,1-9H3/t26-,27-,28?,33-,42?/m0/s1. The predicted molar refractivity (Wildman–Crippen MR) is 207 cm³/mol. The number of hydrogen-bond donors (Lipinski definition) is 2. The molecule has 3 N–H and O–H groups in total. The number of likely N-dealkylation sites (tertiary alicyclic amines) is 1. The van der Waals surface area contributed by atoms with Crippen molar-refractivity contribution >= 4 is 26.0 Å². The number of rotatable bonds is 7. The Hall–Kier alpha value is -4.30. The minimum atomic E-state index is -2.91. The zero-order valence-electron chi connectivity index (χ0n) is 33.3. The molecule has 5 atom stereocenters. The highest BCUT2D eigenvalue weighted by molar-refractivity contribution is 6.74. The third-order valence-corrected chi connectivity index (χ3v) is 16.6. The van der Waals surface area contributed by atoms with Gasteiger partial charge in [0, 0.05) is 17.5 Å². The van der Waals surface area contributed by atoms with Gasteiger partial charge in [-0.25, -0.2) is 4.79 Å². The Morgan fingerprint density at radius 2 is 1.80 bits per heavy atom. The highest BCUT2D eigenvalue weighted by atomic mass is 28.4. The molecule has 1 aliphatic heterocycles. The third kappa shape index (κ3) is 6.72. The number of fused-ring (bicyclic) bond motifs is 4. The maximum atomic E-state index is 15.3. The van der Waals surface area contributed by atoms with Gasteiger partial charge in [0.15, 0.2) is 25.5 Å². The highest BCUT2D eigenvalue weighted by Gasteiger charge is 2.66. The average Bonchev–Trinajstić information content (AvgIpc) is 3.72. The summed E-state index contributed by atoms with van der Waals surface area (Å²) < 4.78 is 30.4. The summed E-state index contributed by atoms with van der Waals surface area (Å²) in [5, 5.41) is 16.5. The van der Waals surface area contributed by atoms with Gasteiger partial charge in [0.25, 0.3) is 5.88 Å². The van der Waals surface area contributed by atoms with Crippen LogP contribution in [0.4, 0.5) is 4.79 Å². The number of hydrogen-bond acceptors (Lipinski definition) is 12. The second kappa shape index (κ2) is 13.7. The smallest absolute Gasteiger partial charge is 0.508 e. The van der Waals surface area contributed by atoms with E-state index in [9.17, 15) is 9.90 Å². The van der Waals surface area contributed by atoms with Crippen LogP contribution in [0.3, 0.4) is 0 Å². The van der Waals surface area contributed by atoms with Gasteiger partial charge >= 0.3 is 6.16 Å². The first-order valence-electron chi connectivity index (χ1n) is 19.2. The Bertz CT molecular complexity index is 2060. The van der Waals surface area contributed by atoms with Gasteiger partial charge in [0.05, 0.1) is 11.6 Å². The molecule has 13 heteroatoms. The molecular formula is C42H53N3O9Si. The Morgan fingerprint density at radius 1 is 1.09 bits per heavy atom. The monoisotopic (exact) mass is 771 g/mol. The number of allylic oxidation sites excluding steroid dienone is 1. The van der Waals surface area contributed by atoms with Crippen LogP contribution in [0.25, 0.3) is 0 Å². The number of carbonyl (C=O) groups excluding carboxylic acids is 3. The van der Waals surface area contributed by atoms with Crippen molar-refractivity contribution in [2.75, 3.05) is 13.6 Å². The molecule has 2 aromatic carbocycles. The van der Waals surface area contributed by atoms with Gasteiger partial charge in [-0.05, 0) is 112 Å². The molecule has 4 aliphatic rings. The molecule has 3 aromatic rings. The summed E-state index contributed by atoms with van der Waals surface area (Å²) in [4.78, 5) is 45.7. The molecular weight excluding hydrogens is 719 g/mol. The Balaban J connectivity index is 1.38. The highest BCUT2D eigenvalue weighted by Crippen LogP contribution is 2.58. The van der Waals surface area contributed by atoms with E-state index in [1.165, 1.54) is 0 Å². The van der Waals surface area contributed by atoms with Crippen LogP contribution in [0.15, 0.2) is 58.3 Å². The second-order valence-corrected chi connectivity index (χ2v) is 22.8. The molecule has 0 spiro atoms. The molecule has 1 saturated heterocycles. The van der Waals surface area contributed by atoms with Crippen molar-refractivity contribution in [3.05, 3.63) is 87.4 Å². The number of aliphatic hydroxyl groups is 1. The van der Waals surface area contributed by atoms with E-state index in [0.29, 0.717) is 12.0 Å². The van der Waals surface area contributed by atoms with Crippen molar-refractivity contribution in [3.8, 4) is 11.6 Å². The summed E-state index contributed by atoms with van der Waals surface area (Å²) in [5.74, 6) is -2.81. The third-order valence-electron chi connectivity index (χ3n) is 12.1. The van der Waals surface area contributed by atoms with Gasteiger partial charge in [-0.3, -0.25) is 14.5 Å². The molecule has 0 bridgehead atoms. The van der Waals surface area contributed by atoms with Gasteiger partial charge in [-0.15, -0.1) is 0 Å². The Kier molecular flexibility index (Phi) is 9.71. The number of aliphatic hydroxyl groups excluding tert-OH is 1. The zero-order valence-corrected chi connectivity index (χ0v) is 34.3. The van der Waals surface area contributed by atoms with Crippen LogP contribution >= 0.6 is 0 Å². The van der Waals surface area contributed by atoms with Crippen LogP contribution in [-0.4, -0.2) is 66.0 Å². The summed E-state index contributed by atoms with van der Waals surface area (Å²) in [6, 6.07) is 12.3. The maximum absolute atomic E-state index is 15.3. The lowest BCUT2D eigenvalue weighted by atomic mass is 9.59. The molecule has 1 aromatic heterocycles. The number of nitrogens with zero attached hydrogens (tertiary/aromatic N) is 2. The minimum Gasteiger partial charge on any atom is -0.508 e. The van der Waals surface area contributed by atoms with E-state index in [4.69, 9.17) is 28.9 Å². The van der Waals surface area contributed by atoms with Gasteiger partial charge in [0.1, 0.15) is 29.3 Å². The normalized spacial score (nSPS) is 25.6. The number of aromatic nitrogens is 1. The van der Waals surface area contributed by atoms with E-state index in [0.717, 1.165) is 30.5 Å². The number of ether oxygens (including phenoxy) is 3. The zero-order chi connectivity index (χ0) is 39.8. The summed E-state index contributed by atoms with van der Waals surface area (Å²) in [5.41, 5.74) is 6.84. The Labute approximate surface area is 323 Å². The minimum absolute atomic E-state index is 0.00748. The summed E-state index contributed by atoms with van der Waals surface area (Å²) in [7, 11) is -0.860. The van der Waals surface area contributed by atoms with Gasteiger partial charge in [-0.1, -0.05) is 57.2 Å². The van der Waals surface area contributed by atoms with Crippen LogP contribution in [0, 0.1) is 11.8 Å². The molecule has 2 heterocycles. The van der Waals surface area contributed by atoms with E-state index in [1.54, 1.807) is 26.8 Å². The fraction of sp³-hybridized carbons (Fsp3) is 0.524. The first-order valence-corrected chi connectivity index (χ1v) is 22.1. The lowest BCUT2D eigenvalue weighted by molar-refractivity contribution is -0.0273. The molecule has 294 valence electrons. The van der Waals surface area contributed by atoms with Crippen molar-refractivity contribution in [3.63, 3.8) is 0 Å². The fourth-order valence-corrected chi connectivity index (χ4v) is 9.89. The van der Waals surface area contributed by atoms with Crippen molar-refractivity contribution < 1.29 is 42.6 Å². The molecule has 12 nitrogen and oxygen atoms in total. The van der Waals surface area contributed by atoms with Gasteiger partial charge in [-0.2, -0.15) is 0 Å². The molecule has 55 heavy (non-hydrogen) atoms. The predicted octanol–water partition coefficient (Wildman–Crippen LogP) is 8.18. The van der Waals surface area contributed by atoms with Crippen LogP contribution < -0.4 is 15.2 Å².